The van der Waals surface area contributed by atoms with Crippen LogP contribution in [0.5, 0.6) is 0 Å². The molecule has 0 heterocycles. The summed E-state index contributed by atoms with van der Waals surface area (Å²) in [6.45, 7) is 25.3. The van der Waals surface area contributed by atoms with Gasteiger partial charge in [0.1, 0.15) is 0 Å². The van der Waals surface area contributed by atoms with E-state index in [1.165, 1.54) is 15.9 Å². The van der Waals surface area contributed by atoms with Gasteiger partial charge < -0.3 is 8.85 Å². The average Bonchev–Trinajstić information content (AvgIpc) is 2.78. The molecule has 0 fully saturated rings. The molecule has 2 aromatic carbocycles. The molecule has 4 heteroatoms. The Morgan fingerprint density at radius 1 is 0.857 bits per heavy atom. The van der Waals surface area contributed by atoms with Crippen LogP contribution in [-0.2, 0) is 8.85 Å². The standard InChI is InChI=1S/C31H48O2Si2/c1-11-26(2)25-27(33-34(9,10)30(3,4)5)19-18-24-32-35(31(6,7)8,28-20-14-12-15-21-28)29-22-16-13-17-23-29/h12-17,20-23,27H,1,18-19,24-25H2,2-10H3. The van der Waals surface area contributed by atoms with E-state index in [4.69, 9.17) is 8.85 Å². The molecule has 1 unspecified atom stereocenters. The molecule has 0 spiro atoms. The molecule has 0 bridgehead atoms. The summed E-state index contributed by atoms with van der Waals surface area (Å²) < 4.78 is 14.0. The zero-order chi connectivity index (χ0) is 26.3. The minimum atomic E-state index is -2.50. The third-order valence-electron chi connectivity index (χ3n) is 7.51. The second kappa shape index (κ2) is 12.0. The Hall–Kier alpha value is -1.69. The Morgan fingerprint density at radius 3 is 1.74 bits per heavy atom. The second-order valence-electron chi connectivity index (χ2n) is 12.3. The molecular formula is C31H48O2Si2. The smallest absolute Gasteiger partial charge is 0.261 e. The molecule has 2 rings (SSSR count). The highest BCUT2D eigenvalue weighted by Gasteiger charge is 2.50. The van der Waals surface area contributed by atoms with Gasteiger partial charge in [-0.3, -0.25) is 0 Å². The predicted octanol–water partition coefficient (Wildman–Crippen LogP) is 7.85. The van der Waals surface area contributed by atoms with Crippen LogP contribution in [0.4, 0.5) is 0 Å². The van der Waals surface area contributed by atoms with Crippen LogP contribution < -0.4 is 10.4 Å². The molecule has 1 atom stereocenters. The van der Waals surface area contributed by atoms with Gasteiger partial charge in [-0.05, 0) is 58.9 Å². The van der Waals surface area contributed by atoms with Crippen LogP contribution in [0, 0.1) is 0 Å². The van der Waals surface area contributed by atoms with Gasteiger partial charge in [-0.1, -0.05) is 109 Å². The number of hydrogen-bond acceptors (Lipinski definition) is 2. The van der Waals surface area contributed by atoms with Crippen LogP contribution in [0.3, 0.4) is 0 Å². The van der Waals surface area contributed by atoms with Crippen LogP contribution in [0.25, 0.3) is 0 Å². The van der Waals surface area contributed by atoms with Crippen LogP contribution in [0.1, 0.15) is 67.7 Å². The summed E-state index contributed by atoms with van der Waals surface area (Å²) in [7, 11) is -4.37. The molecule has 0 aliphatic rings. The first-order valence-corrected chi connectivity index (χ1v) is 17.8. The molecule has 2 nitrogen and oxygen atoms in total. The lowest BCUT2D eigenvalue weighted by Crippen LogP contribution is -2.66. The maximum Gasteiger partial charge on any atom is 0.261 e. The highest BCUT2D eigenvalue weighted by Crippen LogP contribution is 2.39. The highest BCUT2D eigenvalue weighted by atomic mass is 28.4. The largest absolute Gasteiger partial charge is 0.414 e. The van der Waals surface area contributed by atoms with E-state index in [0.717, 1.165) is 25.9 Å². The summed E-state index contributed by atoms with van der Waals surface area (Å²) >= 11 is 0. The van der Waals surface area contributed by atoms with E-state index >= 15 is 0 Å². The summed E-state index contributed by atoms with van der Waals surface area (Å²) in [6.07, 6.45) is 3.00. The third-order valence-corrected chi connectivity index (χ3v) is 17.1. The number of benzene rings is 2. The predicted molar refractivity (Wildman–Crippen MR) is 158 cm³/mol. The second-order valence-corrected chi connectivity index (χ2v) is 21.4. The van der Waals surface area contributed by atoms with Crippen LogP contribution in [0.2, 0.25) is 23.2 Å². The Morgan fingerprint density at radius 2 is 1.34 bits per heavy atom. The fourth-order valence-electron chi connectivity index (χ4n) is 4.51. The molecule has 0 saturated carbocycles. The Balaban J connectivity index is 2.28. The SMILES string of the molecule is C=C=C(C)CC(CCCO[Si](c1ccccc1)(c1ccccc1)C(C)(C)C)O[Si](C)(C)C(C)(C)C. The Labute approximate surface area is 217 Å². The van der Waals surface area contributed by atoms with Crippen molar-refractivity contribution >= 4 is 27.0 Å². The first kappa shape index (κ1) is 29.5. The van der Waals surface area contributed by atoms with Crippen molar-refractivity contribution in [3.8, 4) is 0 Å². The zero-order valence-corrected chi connectivity index (χ0v) is 25.7. The van der Waals surface area contributed by atoms with E-state index in [1.807, 2.05) is 0 Å². The summed E-state index contributed by atoms with van der Waals surface area (Å²) in [5, 5.41) is 2.84. The zero-order valence-electron chi connectivity index (χ0n) is 23.7. The first-order valence-electron chi connectivity index (χ1n) is 13.0. The average molecular weight is 509 g/mol. The maximum atomic E-state index is 7.11. The molecule has 0 amide bonds. The molecular weight excluding hydrogens is 461 g/mol. The first-order chi connectivity index (χ1) is 16.2. The van der Waals surface area contributed by atoms with E-state index in [-0.39, 0.29) is 16.2 Å². The Bertz CT molecular complexity index is 923. The third kappa shape index (κ3) is 7.41. The van der Waals surface area contributed by atoms with E-state index in [9.17, 15) is 0 Å². The van der Waals surface area contributed by atoms with Crippen molar-refractivity contribution in [3.63, 3.8) is 0 Å². The summed E-state index contributed by atoms with van der Waals surface area (Å²) in [4.78, 5) is 0. The van der Waals surface area contributed by atoms with E-state index in [2.05, 4.69) is 135 Å². The summed E-state index contributed by atoms with van der Waals surface area (Å²) in [6, 6.07) is 21.8. The Kier molecular flexibility index (Phi) is 10.2. The van der Waals surface area contributed by atoms with Gasteiger partial charge in [-0.25, -0.2) is 0 Å². The molecule has 0 aliphatic carbocycles. The minimum absolute atomic E-state index is 0.00505. The summed E-state index contributed by atoms with van der Waals surface area (Å²) in [5.41, 5.74) is 4.24. The van der Waals surface area contributed by atoms with Crippen molar-refractivity contribution in [1.82, 2.24) is 0 Å². The van der Waals surface area contributed by atoms with Crippen molar-refractivity contribution in [2.24, 2.45) is 0 Å². The van der Waals surface area contributed by atoms with Gasteiger partial charge in [0.15, 0.2) is 8.32 Å². The molecule has 0 aliphatic heterocycles. The van der Waals surface area contributed by atoms with Crippen molar-refractivity contribution in [1.29, 1.82) is 0 Å². The van der Waals surface area contributed by atoms with Gasteiger partial charge in [-0.2, -0.15) is 0 Å². The summed E-state index contributed by atoms with van der Waals surface area (Å²) in [5.74, 6) is 0. The molecule has 0 aromatic heterocycles. The van der Waals surface area contributed by atoms with E-state index < -0.39 is 16.6 Å². The van der Waals surface area contributed by atoms with Gasteiger partial charge in [0, 0.05) is 19.1 Å². The van der Waals surface area contributed by atoms with Crippen molar-refractivity contribution < 1.29 is 8.85 Å². The van der Waals surface area contributed by atoms with Gasteiger partial charge in [0.25, 0.3) is 8.32 Å². The topological polar surface area (TPSA) is 18.5 Å². The lowest BCUT2D eigenvalue weighted by molar-refractivity contribution is 0.157. The number of rotatable bonds is 11. The monoisotopic (exact) mass is 508 g/mol. The molecule has 0 radical (unpaired) electrons. The van der Waals surface area contributed by atoms with Gasteiger partial charge in [-0.15, -0.1) is 5.73 Å². The van der Waals surface area contributed by atoms with E-state index in [0.29, 0.717) is 0 Å². The van der Waals surface area contributed by atoms with Crippen molar-refractivity contribution in [2.75, 3.05) is 6.61 Å². The fourth-order valence-corrected chi connectivity index (χ4v) is 10.5. The number of hydrogen-bond donors (Lipinski definition) is 0. The molecule has 2 aromatic rings. The molecule has 0 saturated heterocycles. The van der Waals surface area contributed by atoms with Crippen molar-refractivity contribution in [2.45, 2.75) is 97.0 Å². The fraction of sp³-hybridized carbons (Fsp3) is 0.516. The van der Waals surface area contributed by atoms with Gasteiger partial charge in [0.2, 0.25) is 0 Å². The van der Waals surface area contributed by atoms with Crippen molar-refractivity contribution in [3.05, 3.63) is 78.5 Å². The van der Waals surface area contributed by atoms with Crippen LogP contribution >= 0.6 is 0 Å². The maximum absolute atomic E-state index is 7.11. The lowest BCUT2D eigenvalue weighted by Gasteiger charge is -2.43. The highest BCUT2D eigenvalue weighted by molar-refractivity contribution is 6.99. The van der Waals surface area contributed by atoms with Crippen LogP contribution in [-0.4, -0.2) is 29.3 Å². The molecule has 192 valence electrons. The van der Waals surface area contributed by atoms with E-state index in [1.54, 1.807) is 0 Å². The van der Waals surface area contributed by atoms with Crippen LogP contribution in [0.15, 0.2) is 78.5 Å². The minimum Gasteiger partial charge on any atom is -0.414 e. The van der Waals surface area contributed by atoms with Gasteiger partial charge >= 0.3 is 0 Å². The lowest BCUT2D eigenvalue weighted by atomic mass is 10.1. The molecule has 0 N–H and O–H groups in total. The molecule has 35 heavy (non-hydrogen) atoms. The van der Waals surface area contributed by atoms with Gasteiger partial charge in [0.05, 0.1) is 0 Å². The quantitative estimate of drug-likeness (QED) is 0.175. The normalized spacial score (nSPS) is 13.9.